The number of pyridine rings is 1. The number of nitriles is 1. The van der Waals surface area contributed by atoms with Crippen molar-refractivity contribution in [1.82, 2.24) is 9.47 Å². The second-order valence-electron chi connectivity index (χ2n) is 9.69. The normalized spacial score (nSPS) is 21.8. The molecule has 0 aliphatic carbocycles. The molecule has 35 heavy (non-hydrogen) atoms. The average Bonchev–Trinajstić information content (AvgIpc) is 3.07. The number of thiocarbonyl (C=S) groups is 1. The number of ether oxygens (including phenoxy) is 1. The Balaban J connectivity index is 2.17. The van der Waals surface area contributed by atoms with Crippen molar-refractivity contribution < 1.29 is 9.53 Å². The standard InChI is InChI=1S/C26H36N4O3S2/c1-6-7-9-29-23(28-15-17(2)12-18(3)16-28)20(19(4)21(14-27)24(29)31)13-22-25(32)30(26(34)35-22)10-8-11-33-5/h13,17-18H,6-12,15-16H2,1-5H3/b22-13-. The number of rotatable bonds is 9. The van der Waals surface area contributed by atoms with Crippen LogP contribution in [-0.4, -0.2) is 53.0 Å². The van der Waals surface area contributed by atoms with E-state index in [1.807, 2.05) is 13.0 Å². The number of carbonyl (C=O) groups is 1. The quantitative estimate of drug-likeness (QED) is 0.271. The summed E-state index contributed by atoms with van der Waals surface area (Å²) in [6.45, 7) is 11.6. The van der Waals surface area contributed by atoms with Crippen molar-refractivity contribution in [2.75, 3.05) is 38.3 Å². The van der Waals surface area contributed by atoms with Crippen LogP contribution in [0.15, 0.2) is 9.70 Å². The van der Waals surface area contributed by atoms with Gasteiger partial charge in [0.15, 0.2) is 0 Å². The number of hydrogen-bond acceptors (Lipinski definition) is 7. The van der Waals surface area contributed by atoms with Crippen LogP contribution >= 0.6 is 24.0 Å². The molecule has 0 spiro atoms. The maximum Gasteiger partial charge on any atom is 0.270 e. The van der Waals surface area contributed by atoms with Gasteiger partial charge in [0.2, 0.25) is 0 Å². The molecule has 3 heterocycles. The van der Waals surface area contributed by atoms with Gasteiger partial charge in [0.25, 0.3) is 11.5 Å². The first-order valence-electron chi connectivity index (χ1n) is 12.4. The van der Waals surface area contributed by atoms with Crippen LogP contribution < -0.4 is 10.5 Å². The zero-order valence-corrected chi connectivity index (χ0v) is 23.1. The van der Waals surface area contributed by atoms with Crippen molar-refractivity contribution in [1.29, 1.82) is 5.26 Å². The van der Waals surface area contributed by atoms with Crippen LogP contribution in [0.4, 0.5) is 5.82 Å². The van der Waals surface area contributed by atoms with Gasteiger partial charge in [-0.05, 0) is 49.7 Å². The van der Waals surface area contributed by atoms with Crippen molar-refractivity contribution in [2.45, 2.75) is 59.9 Å². The molecule has 7 nitrogen and oxygen atoms in total. The lowest BCUT2D eigenvalue weighted by Crippen LogP contribution is -2.43. The molecule has 9 heteroatoms. The molecule has 0 radical (unpaired) electrons. The molecule has 1 aromatic heterocycles. The van der Waals surface area contributed by atoms with E-state index < -0.39 is 0 Å². The minimum absolute atomic E-state index is 0.133. The van der Waals surface area contributed by atoms with Crippen molar-refractivity contribution >= 4 is 46.1 Å². The molecular weight excluding hydrogens is 480 g/mol. The number of methoxy groups -OCH3 is 1. The highest BCUT2D eigenvalue weighted by Crippen LogP contribution is 2.37. The van der Waals surface area contributed by atoms with Gasteiger partial charge in [0.05, 0.1) is 4.91 Å². The molecule has 0 bridgehead atoms. The number of aromatic nitrogens is 1. The fraction of sp³-hybridized carbons (Fsp3) is 0.615. The van der Waals surface area contributed by atoms with Gasteiger partial charge in [-0.15, -0.1) is 0 Å². The molecule has 0 N–H and O–H groups in total. The SMILES string of the molecule is CCCCn1c(N2CC(C)CC(C)C2)c(/C=C2\SC(=S)N(CCCOC)C2=O)c(C)c(C#N)c1=O. The van der Waals surface area contributed by atoms with Crippen LogP contribution in [0.2, 0.25) is 0 Å². The summed E-state index contributed by atoms with van der Waals surface area (Å²) >= 11 is 6.78. The summed E-state index contributed by atoms with van der Waals surface area (Å²) in [5, 5.41) is 9.87. The van der Waals surface area contributed by atoms with Gasteiger partial charge in [0.1, 0.15) is 21.8 Å². The summed E-state index contributed by atoms with van der Waals surface area (Å²) in [5.74, 6) is 1.65. The smallest absolute Gasteiger partial charge is 0.270 e. The second-order valence-corrected chi connectivity index (χ2v) is 11.4. The van der Waals surface area contributed by atoms with E-state index in [1.54, 1.807) is 16.6 Å². The molecule has 2 aliphatic rings. The highest BCUT2D eigenvalue weighted by molar-refractivity contribution is 8.26. The van der Waals surface area contributed by atoms with Crippen LogP contribution in [0, 0.1) is 30.1 Å². The van der Waals surface area contributed by atoms with E-state index in [9.17, 15) is 14.9 Å². The average molecular weight is 517 g/mol. The second kappa shape index (κ2) is 12.2. The monoisotopic (exact) mass is 516 g/mol. The number of piperidine rings is 1. The van der Waals surface area contributed by atoms with E-state index in [4.69, 9.17) is 17.0 Å². The molecular formula is C26H36N4O3S2. The van der Waals surface area contributed by atoms with Gasteiger partial charge in [-0.3, -0.25) is 19.1 Å². The largest absolute Gasteiger partial charge is 0.385 e. The predicted molar refractivity (Wildman–Crippen MR) is 147 cm³/mol. The summed E-state index contributed by atoms with van der Waals surface area (Å²) in [5.41, 5.74) is 1.29. The number of anilines is 1. The van der Waals surface area contributed by atoms with Crippen molar-refractivity contribution in [3.05, 3.63) is 31.9 Å². The van der Waals surface area contributed by atoms with Crippen molar-refractivity contribution in [2.24, 2.45) is 11.8 Å². The lowest BCUT2D eigenvalue weighted by atomic mass is 9.91. The Morgan fingerprint density at radius 2 is 1.89 bits per heavy atom. The first-order valence-corrected chi connectivity index (χ1v) is 13.6. The third-order valence-corrected chi connectivity index (χ3v) is 8.01. The minimum atomic E-state index is -0.247. The van der Waals surface area contributed by atoms with Gasteiger partial charge < -0.3 is 9.64 Å². The number of carbonyl (C=O) groups excluding carboxylic acids is 1. The van der Waals surface area contributed by atoms with Gasteiger partial charge in [-0.1, -0.05) is 51.2 Å². The van der Waals surface area contributed by atoms with Crippen LogP contribution in [-0.2, 0) is 16.1 Å². The molecule has 3 rings (SSSR count). The molecule has 1 aromatic rings. The van der Waals surface area contributed by atoms with Crippen LogP contribution in [0.1, 0.15) is 63.1 Å². The fourth-order valence-corrected chi connectivity index (χ4v) is 6.33. The zero-order valence-electron chi connectivity index (χ0n) is 21.4. The Morgan fingerprint density at radius 1 is 1.20 bits per heavy atom. The Kier molecular flexibility index (Phi) is 9.56. The Morgan fingerprint density at radius 3 is 2.49 bits per heavy atom. The molecule has 2 atom stereocenters. The van der Waals surface area contributed by atoms with Crippen LogP contribution in [0.5, 0.6) is 0 Å². The molecule has 190 valence electrons. The summed E-state index contributed by atoms with van der Waals surface area (Å²) in [4.78, 5) is 31.1. The Hall–Kier alpha value is -2.15. The maximum atomic E-state index is 13.4. The molecule has 2 unspecified atom stereocenters. The number of unbranched alkanes of at least 4 members (excludes halogenated alkanes) is 1. The fourth-order valence-electron chi connectivity index (χ4n) is 5.04. The first kappa shape index (κ1) is 27.4. The number of hydrogen-bond donors (Lipinski definition) is 0. The Labute approximate surface area is 218 Å². The highest BCUT2D eigenvalue weighted by Gasteiger charge is 2.34. The summed E-state index contributed by atoms with van der Waals surface area (Å²) in [6.07, 6.45) is 5.46. The van der Waals surface area contributed by atoms with E-state index in [0.717, 1.165) is 43.7 Å². The van der Waals surface area contributed by atoms with Gasteiger partial charge >= 0.3 is 0 Å². The van der Waals surface area contributed by atoms with Crippen LogP contribution in [0.3, 0.4) is 0 Å². The summed E-state index contributed by atoms with van der Waals surface area (Å²) in [6, 6.07) is 2.13. The Bertz CT molecular complexity index is 1100. The number of amides is 1. The van der Waals surface area contributed by atoms with E-state index in [1.165, 1.54) is 11.8 Å². The maximum absolute atomic E-state index is 13.4. The molecule has 0 saturated carbocycles. The molecule has 2 fully saturated rings. The third kappa shape index (κ3) is 5.99. The first-order chi connectivity index (χ1) is 16.7. The minimum Gasteiger partial charge on any atom is -0.385 e. The summed E-state index contributed by atoms with van der Waals surface area (Å²) in [7, 11) is 1.64. The van der Waals surface area contributed by atoms with Crippen LogP contribution in [0.25, 0.3) is 6.08 Å². The number of thioether (sulfide) groups is 1. The molecule has 1 amide bonds. The van der Waals surface area contributed by atoms with Crippen molar-refractivity contribution in [3.8, 4) is 6.07 Å². The summed E-state index contributed by atoms with van der Waals surface area (Å²) < 4.78 is 7.41. The van der Waals surface area contributed by atoms with Gasteiger partial charge in [-0.25, -0.2) is 0 Å². The van der Waals surface area contributed by atoms with E-state index in [-0.39, 0.29) is 17.0 Å². The van der Waals surface area contributed by atoms with Crippen molar-refractivity contribution in [3.63, 3.8) is 0 Å². The molecule has 0 aromatic carbocycles. The predicted octanol–water partition coefficient (Wildman–Crippen LogP) is 4.55. The van der Waals surface area contributed by atoms with E-state index in [2.05, 4.69) is 31.7 Å². The van der Waals surface area contributed by atoms with Gasteiger partial charge in [-0.2, -0.15) is 5.26 Å². The lowest BCUT2D eigenvalue weighted by molar-refractivity contribution is -0.122. The topological polar surface area (TPSA) is 78.6 Å². The van der Waals surface area contributed by atoms with E-state index in [0.29, 0.717) is 52.7 Å². The third-order valence-electron chi connectivity index (χ3n) is 6.63. The molecule has 2 aliphatic heterocycles. The van der Waals surface area contributed by atoms with E-state index >= 15 is 0 Å². The van der Waals surface area contributed by atoms with Gasteiger partial charge in [0, 0.05) is 45.5 Å². The number of nitrogens with zero attached hydrogens (tertiary/aromatic N) is 4. The lowest BCUT2D eigenvalue weighted by Gasteiger charge is -2.39. The molecule has 2 saturated heterocycles. The zero-order chi connectivity index (χ0) is 25.7. The highest BCUT2D eigenvalue weighted by atomic mass is 32.2.